The molecule has 0 radical (unpaired) electrons. The van der Waals surface area contributed by atoms with Crippen molar-refractivity contribution in [2.45, 2.75) is 40.0 Å². The van der Waals surface area contributed by atoms with Crippen LogP contribution in [0.4, 0.5) is 5.95 Å². The van der Waals surface area contributed by atoms with Gasteiger partial charge in [-0.05, 0) is 58.2 Å². The van der Waals surface area contributed by atoms with Crippen molar-refractivity contribution in [1.82, 2.24) is 15.3 Å². The third kappa shape index (κ3) is 4.16. The lowest BCUT2D eigenvalue weighted by atomic mass is 9.99. The zero-order valence-electron chi connectivity index (χ0n) is 12.4. The minimum absolute atomic E-state index is 0.727. The molecule has 0 aromatic carbocycles. The molecule has 0 amide bonds. The maximum absolute atomic E-state index is 4.61. The van der Waals surface area contributed by atoms with Gasteiger partial charge in [0.15, 0.2) is 0 Å². The van der Waals surface area contributed by atoms with Crippen LogP contribution in [0.1, 0.15) is 37.6 Å². The maximum atomic E-state index is 4.61. The highest BCUT2D eigenvalue weighted by Crippen LogP contribution is 2.17. The molecule has 0 saturated carbocycles. The first-order valence-corrected chi connectivity index (χ1v) is 7.47. The molecule has 1 fully saturated rings. The Morgan fingerprint density at radius 3 is 2.63 bits per heavy atom. The fraction of sp³-hybridized carbons (Fsp3) is 0.733. The van der Waals surface area contributed by atoms with Gasteiger partial charge in [-0.3, -0.25) is 0 Å². The molecule has 1 aromatic heterocycles. The summed E-state index contributed by atoms with van der Waals surface area (Å²) in [5, 5.41) is 3.49. The second-order valence-electron chi connectivity index (χ2n) is 5.61. The molecule has 0 aliphatic carbocycles. The van der Waals surface area contributed by atoms with E-state index < -0.39 is 0 Å². The summed E-state index contributed by atoms with van der Waals surface area (Å²) in [6.07, 6.45) is 3.74. The van der Waals surface area contributed by atoms with Crippen LogP contribution in [0.2, 0.25) is 0 Å². The summed E-state index contributed by atoms with van der Waals surface area (Å²) in [4.78, 5) is 11.6. The molecule has 2 heterocycles. The minimum Gasteiger partial charge on any atom is -0.340 e. The third-order valence-corrected chi connectivity index (χ3v) is 3.62. The van der Waals surface area contributed by atoms with Crippen LogP contribution in [-0.2, 0) is 0 Å². The number of rotatable bonds is 5. The van der Waals surface area contributed by atoms with E-state index in [1.54, 1.807) is 0 Å². The quantitative estimate of drug-likeness (QED) is 0.884. The van der Waals surface area contributed by atoms with Gasteiger partial charge in [-0.15, -0.1) is 0 Å². The molecule has 2 rings (SSSR count). The van der Waals surface area contributed by atoms with Crippen molar-refractivity contribution in [3.05, 3.63) is 17.5 Å². The summed E-state index contributed by atoms with van der Waals surface area (Å²) in [6.45, 7) is 10.7. The zero-order valence-corrected chi connectivity index (χ0v) is 12.4. The fourth-order valence-corrected chi connectivity index (χ4v) is 2.78. The smallest absolute Gasteiger partial charge is 0.225 e. The molecule has 1 aliphatic heterocycles. The van der Waals surface area contributed by atoms with Crippen LogP contribution in [-0.4, -0.2) is 36.1 Å². The van der Waals surface area contributed by atoms with Crippen LogP contribution in [0.25, 0.3) is 0 Å². The second kappa shape index (κ2) is 6.85. The summed E-state index contributed by atoms with van der Waals surface area (Å²) in [7, 11) is 0. The van der Waals surface area contributed by atoms with Crippen LogP contribution in [0.15, 0.2) is 6.07 Å². The molecule has 4 heteroatoms. The van der Waals surface area contributed by atoms with Crippen molar-refractivity contribution < 1.29 is 0 Å². The van der Waals surface area contributed by atoms with Gasteiger partial charge < -0.3 is 10.2 Å². The van der Waals surface area contributed by atoms with Crippen molar-refractivity contribution in [2.24, 2.45) is 5.92 Å². The normalized spacial score (nSPS) is 19.4. The van der Waals surface area contributed by atoms with Crippen LogP contribution in [0.5, 0.6) is 0 Å². The van der Waals surface area contributed by atoms with E-state index >= 15 is 0 Å². The van der Waals surface area contributed by atoms with Gasteiger partial charge in [0.2, 0.25) is 5.95 Å². The highest BCUT2D eigenvalue weighted by molar-refractivity contribution is 5.32. The van der Waals surface area contributed by atoms with Crippen LogP contribution >= 0.6 is 0 Å². The Hall–Kier alpha value is -1.16. The highest BCUT2D eigenvalue weighted by Gasteiger charge is 2.18. The molecule has 0 bridgehead atoms. The number of aryl methyl sites for hydroxylation is 2. The number of nitrogens with one attached hydrogen (secondary N) is 1. The number of nitrogens with zero attached hydrogens (tertiary/aromatic N) is 3. The van der Waals surface area contributed by atoms with E-state index in [0.717, 1.165) is 49.3 Å². The van der Waals surface area contributed by atoms with Crippen molar-refractivity contribution in [3.63, 3.8) is 0 Å². The molecular formula is C15H26N4. The summed E-state index contributed by atoms with van der Waals surface area (Å²) in [5.74, 6) is 1.63. The first kappa shape index (κ1) is 14.3. The maximum Gasteiger partial charge on any atom is 0.225 e. The number of hydrogen-bond acceptors (Lipinski definition) is 4. The number of aromatic nitrogens is 2. The Kier molecular flexibility index (Phi) is 5.14. The van der Waals surface area contributed by atoms with Gasteiger partial charge in [-0.2, -0.15) is 0 Å². The molecule has 0 spiro atoms. The lowest BCUT2D eigenvalue weighted by molar-refractivity contribution is 0.375. The van der Waals surface area contributed by atoms with E-state index in [1.165, 1.54) is 19.4 Å². The van der Waals surface area contributed by atoms with Crippen molar-refractivity contribution in [1.29, 1.82) is 0 Å². The minimum atomic E-state index is 0.727. The Bertz CT molecular complexity index is 379. The number of anilines is 1. The predicted octanol–water partition coefficient (Wildman–Crippen LogP) is 2.31. The summed E-state index contributed by atoms with van der Waals surface area (Å²) in [6, 6.07) is 2.04. The van der Waals surface area contributed by atoms with Gasteiger partial charge >= 0.3 is 0 Å². The van der Waals surface area contributed by atoms with Crippen LogP contribution in [0, 0.1) is 19.8 Å². The van der Waals surface area contributed by atoms with Crippen LogP contribution < -0.4 is 10.2 Å². The Morgan fingerprint density at radius 2 is 2.05 bits per heavy atom. The third-order valence-electron chi connectivity index (χ3n) is 3.62. The molecular weight excluding hydrogens is 236 g/mol. The van der Waals surface area contributed by atoms with Gasteiger partial charge in [-0.25, -0.2) is 9.97 Å². The Balaban J connectivity index is 2.09. The van der Waals surface area contributed by atoms with Gasteiger partial charge in [0, 0.05) is 24.5 Å². The summed E-state index contributed by atoms with van der Waals surface area (Å²) in [5.41, 5.74) is 2.12. The van der Waals surface area contributed by atoms with E-state index in [9.17, 15) is 0 Å². The fourth-order valence-electron chi connectivity index (χ4n) is 2.78. The second-order valence-corrected chi connectivity index (χ2v) is 5.61. The van der Waals surface area contributed by atoms with E-state index in [0.29, 0.717) is 0 Å². The molecule has 1 saturated heterocycles. The van der Waals surface area contributed by atoms with E-state index in [2.05, 4.69) is 27.1 Å². The molecule has 1 N–H and O–H groups in total. The molecule has 19 heavy (non-hydrogen) atoms. The van der Waals surface area contributed by atoms with E-state index in [4.69, 9.17) is 0 Å². The average Bonchev–Trinajstić information content (AvgIpc) is 2.38. The first-order valence-electron chi connectivity index (χ1n) is 7.47. The molecule has 4 nitrogen and oxygen atoms in total. The van der Waals surface area contributed by atoms with Gasteiger partial charge in [0.1, 0.15) is 0 Å². The number of piperidine rings is 1. The zero-order chi connectivity index (χ0) is 13.7. The highest BCUT2D eigenvalue weighted by atomic mass is 15.3. The molecule has 1 aliphatic rings. The van der Waals surface area contributed by atoms with Gasteiger partial charge in [0.25, 0.3) is 0 Å². The lowest BCUT2D eigenvalue weighted by Gasteiger charge is -2.30. The van der Waals surface area contributed by atoms with E-state index in [1.807, 2.05) is 19.9 Å². The summed E-state index contributed by atoms with van der Waals surface area (Å²) >= 11 is 0. The van der Waals surface area contributed by atoms with Crippen molar-refractivity contribution in [3.8, 4) is 0 Å². The van der Waals surface area contributed by atoms with E-state index in [-0.39, 0.29) is 0 Å². The standard InChI is InChI=1S/C15H26N4/c1-4-8-19(11-14-6-5-7-16-10-14)15-17-12(2)9-13(3)18-15/h9,14,16H,4-8,10-11H2,1-3H3. The topological polar surface area (TPSA) is 41.0 Å². The SMILES string of the molecule is CCCN(CC1CCCNC1)c1nc(C)cc(C)n1. The Labute approximate surface area is 116 Å². The number of hydrogen-bond donors (Lipinski definition) is 1. The average molecular weight is 262 g/mol. The molecule has 106 valence electrons. The van der Waals surface area contributed by atoms with Crippen molar-refractivity contribution in [2.75, 3.05) is 31.1 Å². The largest absolute Gasteiger partial charge is 0.340 e. The van der Waals surface area contributed by atoms with Gasteiger partial charge in [0.05, 0.1) is 0 Å². The summed E-state index contributed by atoms with van der Waals surface area (Å²) < 4.78 is 0. The molecule has 1 aromatic rings. The first-order chi connectivity index (χ1) is 9.19. The van der Waals surface area contributed by atoms with Gasteiger partial charge in [-0.1, -0.05) is 6.92 Å². The Morgan fingerprint density at radius 1 is 1.32 bits per heavy atom. The predicted molar refractivity (Wildman–Crippen MR) is 79.6 cm³/mol. The van der Waals surface area contributed by atoms with Crippen LogP contribution in [0.3, 0.4) is 0 Å². The monoisotopic (exact) mass is 262 g/mol. The lowest BCUT2D eigenvalue weighted by Crippen LogP contribution is -2.39. The molecule has 1 unspecified atom stereocenters. The molecule has 1 atom stereocenters. The van der Waals surface area contributed by atoms with Crippen molar-refractivity contribution >= 4 is 5.95 Å².